The van der Waals surface area contributed by atoms with Crippen LogP contribution in [0.5, 0.6) is 0 Å². The number of fused-ring (bicyclic) bond motifs is 6. The summed E-state index contributed by atoms with van der Waals surface area (Å²) in [6, 6.07) is 10.2. The van der Waals surface area contributed by atoms with E-state index in [9.17, 15) is 0 Å². The molecule has 1 radical (unpaired) electrons. The van der Waals surface area contributed by atoms with Crippen molar-refractivity contribution in [1.29, 1.82) is 0 Å². The average Bonchev–Trinajstić information content (AvgIpc) is 3.10. The molecule has 1 aliphatic rings. The normalized spacial score (nSPS) is 17.5. The molecule has 0 saturated heterocycles. The zero-order valence-electron chi connectivity index (χ0n) is 21.6. The second-order valence-corrected chi connectivity index (χ2v) is 13.0. The smallest absolute Gasteiger partial charge is 0.103 e. The molecule has 3 heterocycles. The molecule has 0 amide bonds. The molecule has 0 atom stereocenters. The van der Waals surface area contributed by atoms with Gasteiger partial charge in [0.1, 0.15) is 5.82 Å². The van der Waals surface area contributed by atoms with Crippen molar-refractivity contribution < 1.29 is 20.1 Å². The van der Waals surface area contributed by atoms with Crippen LogP contribution in [0.1, 0.15) is 98.3 Å². The molecule has 5 heteroatoms. The van der Waals surface area contributed by atoms with Gasteiger partial charge in [0.05, 0.1) is 22.3 Å². The first-order valence-electron chi connectivity index (χ1n) is 11.7. The van der Waals surface area contributed by atoms with E-state index in [-0.39, 0.29) is 41.8 Å². The molecule has 177 valence electrons. The molecule has 4 nitrogen and oxygen atoms in total. The van der Waals surface area contributed by atoms with Crippen LogP contribution in [0.4, 0.5) is 0 Å². The van der Waals surface area contributed by atoms with Crippen LogP contribution >= 0.6 is 0 Å². The minimum absolute atomic E-state index is 0. The third-order valence-electron chi connectivity index (χ3n) is 7.03. The molecule has 0 bridgehead atoms. The van der Waals surface area contributed by atoms with Crippen LogP contribution in [0.3, 0.4) is 0 Å². The molecule has 1 aliphatic carbocycles. The van der Waals surface area contributed by atoms with Crippen LogP contribution in [0.25, 0.3) is 27.7 Å². The number of hydrogen-bond acceptors (Lipinski definition) is 3. The van der Waals surface area contributed by atoms with Crippen molar-refractivity contribution in [1.82, 2.24) is 19.4 Å². The van der Waals surface area contributed by atoms with E-state index in [0.717, 1.165) is 45.7 Å². The first-order valence-corrected chi connectivity index (χ1v) is 11.7. The summed E-state index contributed by atoms with van der Waals surface area (Å²) in [6.07, 6.45) is 1.14. The molecule has 33 heavy (non-hydrogen) atoms. The summed E-state index contributed by atoms with van der Waals surface area (Å²) in [5.74, 6) is 0.990. The molecule has 0 saturated carbocycles. The Morgan fingerprint density at radius 1 is 0.848 bits per heavy atom. The van der Waals surface area contributed by atoms with E-state index >= 15 is 0 Å². The molecule has 4 aromatic rings. The van der Waals surface area contributed by atoms with Gasteiger partial charge >= 0.3 is 0 Å². The van der Waals surface area contributed by atoms with Crippen molar-refractivity contribution in [2.45, 2.75) is 97.3 Å². The molecular formula is C28H35IrN4-. The van der Waals surface area contributed by atoms with Gasteiger partial charge in [-0.25, -0.2) is 0 Å². The van der Waals surface area contributed by atoms with E-state index in [1.165, 1.54) is 11.1 Å². The van der Waals surface area contributed by atoms with Crippen LogP contribution < -0.4 is 0 Å². The number of hydrogen-bond donors (Lipinski definition) is 0. The monoisotopic (exact) mass is 620 g/mol. The Balaban J connectivity index is 0.00000259. The van der Waals surface area contributed by atoms with Crippen molar-refractivity contribution in [3.63, 3.8) is 0 Å². The predicted molar refractivity (Wildman–Crippen MR) is 133 cm³/mol. The summed E-state index contributed by atoms with van der Waals surface area (Å²) in [4.78, 5) is 15.2. The zero-order valence-corrected chi connectivity index (χ0v) is 24.0. The van der Waals surface area contributed by atoms with Crippen LogP contribution in [0, 0.1) is 6.07 Å². The first-order chi connectivity index (χ1) is 14.6. The van der Waals surface area contributed by atoms with E-state index in [2.05, 4.69) is 91.8 Å². The standard InChI is InChI=1S/C28H35N4.Ir/c1-25(2,3)21-12-11-16-22(30-21)31-24(26(4,5)6)32-20-14-18-17(13-19(20)29-23(16)32)27(7,8)15-28(18,9)10;/h12-14H,15H2,1-10H3;/q-1;. The Bertz CT molecular complexity index is 1410. The summed E-state index contributed by atoms with van der Waals surface area (Å²) in [6.45, 7) is 22.6. The van der Waals surface area contributed by atoms with Crippen molar-refractivity contribution in [2.24, 2.45) is 0 Å². The van der Waals surface area contributed by atoms with Crippen molar-refractivity contribution in [3.8, 4) is 0 Å². The number of pyridine rings is 1. The van der Waals surface area contributed by atoms with Gasteiger partial charge in [-0.3, -0.25) is 9.97 Å². The Hall–Kier alpha value is -1.84. The van der Waals surface area contributed by atoms with Crippen LogP contribution in [0.15, 0.2) is 18.2 Å². The molecule has 0 spiro atoms. The van der Waals surface area contributed by atoms with Crippen LogP contribution in [-0.2, 0) is 41.8 Å². The minimum Gasteiger partial charge on any atom is -0.330 e. The van der Waals surface area contributed by atoms with Gasteiger partial charge in [0.15, 0.2) is 0 Å². The zero-order chi connectivity index (χ0) is 23.4. The summed E-state index contributed by atoms with van der Waals surface area (Å²) >= 11 is 0. The number of benzene rings is 1. The van der Waals surface area contributed by atoms with Gasteiger partial charge in [-0.05, 0) is 51.6 Å². The van der Waals surface area contributed by atoms with E-state index in [1.54, 1.807) is 0 Å². The van der Waals surface area contributed by atoms with Crippen molar-refractivity contribution >= 4 is 27.7 Å². The van der Waals surface area contributed by atoms with Gasteiger partial charge in [-0.15, -0.1) is 12.1 Å². The molecule has 3 aromatic heterocycles. The second kappa shape index (κ2) is 7.09. The van der Waals surface area contributed by atoms with Gasteiger partial charge < -0.3 is 9.38 Å². The van der Waals surface area contributed by atoms with E-state index in [4.69, 9.17) is 15.0 Å². The van der Waals surface area contributed by atoms with Crippen molar-refractivity contribution in [3.05, 3.63) is 46.9 Å². The number of imidazole rings is 1. The van der Waals surface area contributed by atoms with E-state index < -0.39 is 0 Å². The maximum absolute atomic E-state index is 5.15. The van der Waals surface area contributed by atoms with Gasteiger partial charge in [0, 0.05) is 25.5 Å². The number of nitrogens with zero attached hydrogens (tertiary/aromatic N) is 4. The summed E-state index contributed by atoms with van der Waals surface area (Å²) < 4.78 is 2.26. The van der Waals surface area contributed by atoms with Gasteiger partial charge in [0.25, 0.3) is 0 Å². The molecule has 0 N–H and O–H groups in total. The summed E-state index contributed by atoms with van der Waals surface area (Å²) in [5.41, 5.74) is 7.73. The third kappa shape index (κ3) is 3.63. The average molecular weight is 620 g/mol. The molecule has 0 fully saturated rings. The number of aromatic nitrogens is 4. The van der Waals surface area contributed by atoms with Crippen molar-refractivity contribution in [2.75, 3.05) is 0 Å². The Kier molecular flexibility index (Phi) is 5.22. The quantitative estimate of drug-likeness (QED) is 0.204. The maximum atomic E-state index is 5.15. The van der Waals surface area contributed by atoms with Crippen LogP contribution in [-0.4, -0.2) is 19.4 Å². The number of rotatable bonds is 0. The predicted octanol–water partition coefficient (Wildman–Crippen LogP) is 6.78. The summed E-state index contributed by atoms with van der Waals surface area (Å²) in [5, 5.41) is 0.890. The topological polar surface area (TPSA) is 43.1 Å². The fourth-order valence-corrected chi connectivity index (χ4v) is 5.61. The fraction of sp³-hybridized carbons (Fsp3) is 0.536. The van der Waals surface area contributed by atoms with Crippen LogP contribution in [0.2, 0.25) is 0 Å². The summed E-state index contributed by atoms with van der Waals surface area (Å²) in [7, 11) is 0. The molecule has 5 rings (SSSR count). The molecule has 0 unspecified atom stereocenters. The molecule has 0 aliphatic heterocycles. The second-order valence-electron chi connectivity index (χ2n) is 13.0. The Morgan fingerprint density at radius 2 is 1.45 bits per heavy atom. The molecular weight excluding hydrogens is 585 g/mol. The maximum Gasteiger partial charge on any atom is 0.103 e. The SMILES string of the molecule is CC(C)(C)c1c[c-]c2c(n1)nc(C(C)(C)C)n1c3cc4c(cc3nc21)C(C)(C)CC4(C)C.[Ir]. The van der Waals surface area contributed by atoms with E-state index in [0.29, 0.717) is 0 Å². The first kappa shape index (κ1) is 24.3. The largest absolute Gasteiger partial charge is 0.330 e. The van der Waals surface area contributed by atoms with Gasteiger partial charge in [0.2, 0.25) is 0 Å². The third-order valence-corrected chi connectivity index (χ3v) is 7.03. The Morgan fingerprint density at radius 3 is 2.03 bits per heavy atom. The Labute approximate surface area is 211 Å². The minimum atomic E-state index is -0.159. The van der Waals surface area contributed by atoms with E-state index in [1.807, 2.05) is 6.07 Å². The fourth-order valence-electron chi connectivity index (χ4n) is 5.61. The van der Waals surface area contributed by atoms with Gasteiger partial charge in [-0.1, -0.05) is 74.6 Å². The van der Waals surface area contributed by atoms with Gasteiger partial charge in [-0.2, -0.15) is 0 Å². The molecule has 1 aromatic carbocycles.